The monoisotopic (exact) mass is 422 g/mol. The molecule has 2 amide bonds. The maximum Gasteiger partial charge on any atom is 0.282 e. The van der Waals surface area contributed by atoms with Crippen LogP contribution in [0.4, 0.5) is 5.69 Å². The van der Waals surface area contributed by atoms with E-state index in [0.717, 1.165) is 5.75 Å². The SMILES string of the molecule is COc1ccc(N2C(=O)C(c3ccc(OC(C)C)cc3)=C(N3CCOCC3)C2=O)cc1. The van der Waals surface area contributed by atoms with Crippen molar-refractivity contribution in [2.24, 2.45) is 0 Å². The average Bonchev–Trinajstić information content (AvgIpc) is 3.04. The molecule has 1 fully saturated rings. The van der Waals surface area contributed by atoms with Crippen LogP contribution in [0.15, 0.2) is 54.2 Å². The Kier molecular flexibility index (Phi) is 5.95. The van der Waals surface area contributed by atoms with Gasteiger partial charge in [-0.15, -0.1) is 0 Å². The summed E-state index contributed by atoms with van der Waals surface area (Å²) in [6.45, 7) is 6.06. The van der Waals surface area contributed by atoms with E-state index in [2.05, 4.69) is 0 Å². The Morgan fingerprint density at radius 2 is 1.48 bits per heavy atom. The average molecular weight is 422 g/mol. The Morgan fingerprint density at radius 3 is 2.06 bits per heavy atom. The van der Waals surface area contributed by atoms with Gasteiger partial charge >= 0.3 is 0 Å². The number of carbonyl (C=O) groups excluding carboxylic acids is 2. The summed E-state index contributed by atoms with van der Waals surface area (Å²) >= 11 is 0. The van der Waals surface area contributed by atoms with E-state index in [1.165, 1.54) is 4.90 Å². The summed E-state index contributed by atoms with van der Waals surface area (Å²) in [6.07, 6.45) is 0.0502. The number of hydrogen-bond donors (Lipinski definition) is 0. The van der Waals surface area contributed by atoms with Crippen molar-refractivity contribution in [3.8, 4) is 11.5 Å². The highest BCUT2D eigenvalue weighted by atomic mass is 16.5. The normalized spacial score (nSPS) is 17.0. The Balaban J connectivity index is 1.74. The Morgan fingerprint density at radius 1 is 0.871 bits per heavy atom. The van der Waals surface area contributed by atoms with E-state index in [1.54, 1.807) is 31.4 Å². The van der Waals surface area contributed by atoms with E-state index >= 15 is 0 Å². The topological polar surface area (TPSA) is 68.3 Å². The van der Waals surface area contributed by atoms with Gasteiger partial charge in [0.15, 0.2) is 0 Å². The highest BCUT2D eigenvalue weighted by Crippen LogP contribution is 2.36. The van der Waals surface area contributed by atoms with Crippen LogP contribution in [0.3, 0.4) is 0 Å². The van der Waals surface area contributed by atoms with Crippen LogP contribution < -0.4 is 14.4 Å². The van der Waals surface area contributed by atoms with Gasteiger partial charge in [0.05, 0.1) is 37.7 Å². The number of imide groups is 1. The smallest absolute Gasteiger partial charge is 0.282 e. The van der Waals surface area contributed by atoms with Crippen LogP contribution >= 0.6 is 0 Å². The molecular weight excluding hydrogens is 396 g/mol. The standard InChI is InChI=1S/C24H26N2O5/c1-16(2)31-20-8-4-17(5-9-20)21-22(25-12-14-30-15-13-25)24(28)26(23(21)27)18-6-10-19(29-3)11-7-18/h4-11,16H,12-15H2,1-3H3. The zero-order valence-corrected chi connectivity index (χ0v) is 18.0. The van der Waals surface area contributed by atoms with Crippen molar-refractivity contribution in [3.05, 3.63) is 59.8 Å². The number of hydrogen-bond acceptors (Lipinski definition) is 6. The molecule has 2 aromatic rings. The third-order valence-corrected chi connectivity index (χ3v) is 5.23. The van der Waals surface area contributed by atoms with Gasteiger partial charge in [0.1, 0.15) is 17.2 Å². The molecule has 0 bridgehead atoms. The van der Waals surface area contributed by atoms with Crippen LogP contribution in [0.5, 0.6) is 11.5 Å². The second-order valence-corrected chi connectivity index (χ2v) is 7.66. The lowest BCUT2D eigenvalue weighted by atomic mass is 10.0. The van der Waals surface area contributed by atoms with E-state index in [1.807, 2.05) is 43.0 Å². The molecule has 7 nitrogen and oxygen atoms in total. The molecule has 0 spiro atoms. The zero-order valence-electron chi connectivity index (χ0n) is 18.0. The molecule has 0 aromatic heterocycles. The van der Waals surface area contributed by atoms with Crippen LogP contribution in [0, 0.1) is 0 Å². The van der Waals surface area contributed by atoms with Gasteiger partial charge in [0.2, 0.25) is 0 Å². The Labute approximate surface area is 181 Å². The number of carbonyl (C=O) groups is 2. The molecule has 2 aliphatic heterocycles. The van der Waals surface area contributed by atoms with Gasteiger partial charge in [-0.3, -0.25) is 9.59 Å². The second-order valence-electron chi connectivity index (χ2n) is 7.66. The first-order valence-corrected chi connectivity index (χ1v) is 10.4. The fourth-order valence-electron chi connectivity index (χ4n) is 3.80. The first kappa shape index (κ1) is 20.9. The van der Waals surface area contributed by atoms with Gasteiger partial charge in [0, 0.05) is 13.1 Å². The fourth-order valence-corrected chi connectivity index (χ4v) is 3.80. The van der Waals surface area contributed by atoms with Crippen molar-refractivity contribution in [1.82, 2.24) is 4.90 Å². The molecule has 2 heterocycles. The molecule has 0 saturated carbocycles. The fraction of sp³-hybridized carbons (Fsp3) is 0.333. The van der Waals surface area contributed by atoms with Crippen molar-refractivity contribution in [3.63, 3.8) is 0 Å². The number of morpholine rings is 1. The van der Waals surface area contributed by atoms with Crippen LogP contribution in [-0.4, -0.2) is 56.2 Å². The minimum Gasteiger partial charge on any atom is -0.497 e. The quantitative estimate of drug-likeness (QED) is 0.667. The van der Waals surface area contributed by atoms with Crippen LogP contribution in [0.2, 0.25) is 0 Å². The number of ether oxygens (including phenoxy) is 3. The van der Waals surface area contributed by atoms with Crippen LogP contribution in [0.25, 0.3) is 5.57 Å². The zero-order chi connectivity index (χ0) is 22.0. The summed E-state index contributed by atoms with van der Waals surface area (Å²) in [5.41, 5.74) is 2.02. The third kappa shape index (κ3) is 4.14. The summed E-state index contributed by atoms with van der Waals surface area (Å²) in [5.74, 6) is 0.713. The van der Waals surface area contributed by atoms with Gasteiger partial charge in [-0.1, -0.05) is 12.1 Å². The number of anilines is 1. The van der Waals surface area contributed by atoms with Crippen molar-refractivity contribution >= 4 is 23.1 Å². The summed E-state index contributed by atoms with van der Waals surface area (Å²) in [5, 5.41) is 0. The number of benzene rings is 2. The molecule has 0 aliphatic carbocycles. The number of methoxy groups -OCH3 is 1. The first-order valence-electron chi connectivity index (χ1n) is 10.4. The predicted molar refractivity (Wildman–Crippen MR) is 117 cm³/mol. The first-order chi connectivity index (χ1) is 15.0. The molecule has 0 atom stereocenters. The van der Waals surface area contributed by atoms with E-state index in [-0.39, 0.29) is 17.9 Å². The second kappa shape index (κ2) is 8.81. The van der Waals surface area contributed by atoms with Gasteiger partial charge in [-0.2, -0.15) is 0 Å². The minimum absolute atomic E-state index is 0.0502. The van der Waals surface area contributed by atoms with E-state index in [0.29, 0.717) is 54.6 Å². The van der Waals surface area contributed by atoms with Gasteiger partial charge in [0.25, 0.3) is 11.8 Å². The molecule has 1 saturated heterocycles. The summed E-state index contributed by atoms with van der Waals surface area (Å²) in [7, 11) is 1.57. The lowest BCUT2D eigenvalue weighted by Gasteiger charge is -2.29. The largest absolute Gasteiger partial charge is 0.497 e. The third-order valence-electron chi connectivity index (χ3n) is 5.23. The summed E-state index contributed by atoms with van der Waals surface area (Å²) in [6, 6.07) is 14.2. The lowest BCUT2D eigenvalue weighted by molar-refractivity contribution is -0.121. The van der Waals surface area contributed by atoms with E-state index in [9.17, 15) is 9.59 Å². The molecule has 2 aliphatic rings. The van der Waals surface area contributed by atoms with Crippen molar-refractivity contribution in [2.75, 3.05) is 38.3 Å². The highest BCUT2D eigenvalue weighted by molar-refractivity contribution is 6.45. The maximum absolute atomic E-state index is 13.5. The predicted octanol–water partition coefficient (Wildman–Crippen LogP) is 3.10. The molecule has 2 aromatic carbocycles. The lowest BCUT2D eigenvalue weighted by Crippen LogP contribution is -2.40. The maximum atomic E-state index is 13.5. The van der Waals surface area contributed by atoms with Gasteiger partial charge < -0.3 is 19.1 Å². The van der Waals surface area contributed by atoms with Crippen molar-refractivity contribution in [2.45, 2.75) is 20.0 Å². The number of amides is 2. The molecule has 4 rings (SSSR count). The molecule has 0 N–H and O–H groups in total. The molecule has 0 unspecified atom stereocenters. The number of nitrogens with zero attached hydrogens (tertiary/aromatic N) is 2. The van der Waals surface area contributed by atoms with Crippen molar-refractivity contribution < 1.29 is 23.8 Å². The molecule has 7 heteroatoms. The summed E-state index contributed by atoms with van der Waals surface area (Å²) in [4.78, 5) is 30.2. The Bertz CT molecular complexity index is 990. The minimum atomic E-state index is -0.339. The Hall–Kier alpha value is -3.32. The van der Waals surface area contributed by atoms with E-state index in [4.69, 9.17) is 14.2 Å². The highest BCUT2D eigenvalue weighted by Gasteiger charge is 2.42. The van der Waals surface area contributed by atoms with Crippen molar-refractivity contribution in [1.29, 1.82) is 0 Å². The number of rotatable bonds is 6. The van der Waals surface area contributed by atoms with Gasteiger partial charge in [-0.05, 0) is 55.8 Å². The molecular formula is C24H26N2O5. The molecule has 0 radical (unpaired) electrons. The van der Waals surface area contributed by atoms with Gasteiger partial charge in [-0.25, -0.2) is 4.90 Å². The van der Waals surface area contributed by atoms with Crippen LogP contribution in [0.1, 0.15) is 19.4 Å². The van der Waals surface area contributed by atoms with E-state index < -0.39 is 0 Å². The summed E-state index contributed by atoms with van der Waals surface area (Å²) < 4.78 is 16.4. The van der Waals surface area contributed by atoms with Crippen LogP contribution in [-0.2, 0) is 14.3 Å². The molecule has 31 heavy (non-hydrogen) atoms. The molecule has 162 valence electrons.